The number of likely N-dealkylation sites (tertiary alicyclic amines) is 1. The fourth-order valence-corrected chi connectivity index (χ4v) is 10.4. The third-order valence-electron chi connectivity index (χ3n) is 13.4. The zero-order chi connectivity index (χ0) is 42.0. The Hall–Kier alpha value is -5.65. The van der Waals surface area contributed by atoms with Crippen molar-refractivity contribution in [2.75, 3.05) is 74.0 Å². The Balaban J connectivity index is 0.803. The number of phenolic OH excluding ortho intramolecular Hbond substituents is 1. The van der Waals surface area contributed by atoms with Crippen LogP contribution in [0.4, 0.5) is 35.2 Å². The second-order valence-electron chi connectivity index (χ2n) is 17.2. The minimum atomic E-state index is -2.82. The van der Waals surface area contributed by atoms with Crippen LogP contribution in [-0.2, 0) is 16.1 Å². The first-order valence-corrected chi connectivity index (χ1v) is 20.8. The van der Waals surface area contributed by atoms with E-state index >= 15 is 8.78 Å². The largest absolute Gasteiger partial charge is 0.504 e. The molecule has 6 aliphatic heterocycles. The van der Waals surface area contributed by atoms with Gasteiger partial charge in [0, 0.05) is 94.2 Å². The molecule has 4 fully saturated rings. The molecule has 1 unspecified atom stereocenters. The summed E-state index contributed by atoms with van der Waals surface area (Å²) in [5.74, 6) is -1.70. The lowest BCUT2D eigenvalue weighted by Crippen LogP contribution is -2.72. The van der Waals surface area contributed by atoms with Crippen molar-refractivity contribution in [3.8, 4) is 17.0 Å². The molecule has 1 aromatic heterocycles. The number of aromatic nitrogens is 2. The SMILES string of the molecule is C[C@@H]1CC(CN2CCN(c3ccc4c(c3)C(=O)N([C@@H]3CCC(=O)NC3=O)C4)CC2)C[C@H](C)N1C(=O)N1CCN2c3cc(-c4cccc(F)c4O)nnc3NC[C@]2(C(F)F)C1. The number of urea groups is 1. The third-order valence-corrected chi connectivity index (χ3v) is 13.4. The number of aromatic hydroxyl groups is 1. The van der Waals surface area contributed by atoms with Crippen LogP contribution in [-0.4, -0.2) is 148 Å². The molecule has 6 aliphatic rings. The van der Waals surface area contributed by atoms with E-state index in [0.717, 1.165) is 62.9 Å². The van der Waals surface area contributed by atoms with Gasteiger partial charge in [0.15, 0.2) is 17.4 Å². The van der Waals surface area contributed by atoms with E-state index in [1.807, 2.05) is 36.9 Å². The van der Waals surface area contributed by atoms with Crippen molar-refractivity contribution in [2.45, 2.75) is 76.2 Å². The number of piperazine rings is 2. The van der Waals surface area contributed by atoms with E-state index in [4.69, 9.17) is 0 Å². The van der Waals surface area contributed by atoms with Crippen LogP contribution in [0.15, 0.2) is 42.5 Å². The molecule has 0 saturated carbocycles. The highest BCUT2D eigenvalue weighted by Gasteiger charge is 2.54. The predicted molar refractivity (Wildman–Crippen MR) is 215 cm³/mol. The van der Waals surface area contributed by atoms with Crippen molar-refractivity contribution in [1.29, 1.82) is 0 Å². The Bertz CT molecular complexity index is 2210. The van der Waals surface area contributed by atoms with E-state index in [0.29, 0.717) is 36.0 Å². The molecule has 3 N–H and O–H groups in total. The zero-order valence-electron chi connectivity index (χ0n) is 33.6. The number of halogens is 3. The number of hydrogen-bond acceptors (Lipinski definition) is 11. The lowest BCUT2D eigenvalue weighted by Gasteiger charge is -2.55. The van der Waals surface area contributed by atoms with E-state index in [1.54, 1.807) is 14.7 Å². The summed E-state index contributed by atoms with van der Waals surface area (Å²) < 4.78 is 44.7. The Labute approximate surface area is 345 Å². The summed E-state index contributed by atoms with van der Waals surface area (Å²) in [5.41, 5.74) is 1.28. The van der Waals surface area contributed by atoms with Crippen LogP contribution in [0, 0.1) is 11.7 Å². The van der Waals surface area contributed by atoms with E-state index in [9.17, 15) is 28.7 Å². The van der Waals surface area contributed by atoms with Gasteiger partial charge in [0.2, 0.25) is 11.8 Å². The number of phenols is 1. The molecule has 60 heavy (non-hydrogen) atoms. The predicted octanol–water partition coefficient (Wildman–Crippen LogP) is 3.73. The Morgan fingerprint density at radius 1 is 0.967 bits per heavy atom. The molecule has 318 valence electrons. The molecule has 15 nitrogen and oxygen atoms in total. The summed E-state index contributed by atoms with van der Waals surface area (Å²) >= 11 is 0. The number of anilines is 3. The molecular weight excluding hydrogens is 782 g/mol. The van der Waals surface area contributed by atoms with Crippen LogP contribution in [0.2, 0.25) is 0 Å². The Morgan fingerprint density at radius 2 is 1.73 bits per heavy atom. The lowest BCUT2D eigenvalue weighted by atomic mass is 9.86. The second kappa shape index (κ2) is 15.4. The molecule has 0 radical (unpaired) electrons. The number of benzene rings is 2. The zero-order valence-corrected chi connectivity index (χ0v) is 33.6. The number of piperidine rings is 2. The molecule has 3 aromatic rings. The average Bonchev–Trinajstić information content (AvgIpc) is 3.56. The van der Waals surface area contributed by atoms with E-state index in [1.165, 1.54) is 18.2 Å². The molecule has 0 spiro atoms. The Morgan fingerprint density at radius 3 is 2.47 bits per heavy atom. The molecule has 9 rings (SSSR count). The number of imide groups is 1. The maximum atomic E-state index is 15.3. The number of fused-ring (bicyclic) bond motifs is 4. The number of nitrogens with one attached hydrogen (secondary N) is 2. The maximum Gasteiger partial charge on any atom is 0.320 e. The molecule has 7 heterocycles. The van der Waals surface area contributed by atoms with Crippen LogP contribution >= 0.6 is 0 Å². The topological polar surface area (TPSA) is 158 Å². The standard InChI is InChI=1S/C42H49F3N10O5/c1-24-16-26(20-50-10-12-51(13-11-50)28-7-6-27-21-53(39(59)30(27)18-28)33-8-9-35(56)47-38(33)58)17-25(2)55(24)41(60)52-14-15-54-34-19-32(29-4-3-5-31(43)36(29)57)48-49-37(34)46-22-42(54,23-52)40(44)45/h3-7,18-19,24-26,33,40,57H,8-17,20-23H2,1-2H3,(H,46,49)(H,47,56,58)/t24-,25+,26?,33-,42-/m1/s1. The number of carbonyl (C=O) groups is 4. The normalized spacial score (nSPS) is 27.1. The fourth-order valence-electron chi connectivity index (χ4n) is 10.4. The van der Waals surface area contributed by atoms with Gasteiger partial charge in [0.05, 0.1) is 17.9 Å². The second-order valence-corrected chi connectivity index (χ2v) is 17.2. The molecule has 0 bridgehead atoms. The summed E-state index contributed by atoms with van der Waals surface area (Å²) in [6.07, 6.45) is -0.708. The molecule has 5 amide bonds. The minimum Gasteiger partial charge on any atom is -0.504 e. The van der Waals surface area contributed by atoms with Gasteiger partial charge in [-0.3, -0.25) is 24.6 Å². The van der Waals surface area contributed by atoms with Gasteiger partial charge in [-0.2, -0.15) is 0 Å². The third kappa shape index (κ3) is 6.91. The summed E-state index contributed by atoms with van der Waals surface area (Å²) in [7, 11) is 0. The van der Waals surface area contributed by atoms with Gasteiger partial charge in [-0.15, -0.1) is 10.2 Å². The minimum absolute atomic E-state index is 0.0949. The van der Waals surface area contributed by atoms with Gasteiger partial charge in [0.25, 0.3) is 12.3 Å². The van der Waals surface area contributed by atoms with Gasteiger partial charge in [0.1, 0.15) is 11.6 Å². The first-order valence-electron chi connectivity index (χ1n) is 20.8. The molecule has 5 atom stereocenters. The molecule has 0 aliphatic carbocycles. The van der Waals surface area contributed by atoms with Crippen LogP contribution in [0.3, 0.4) is 0 Å². The number of hydrogen-bond donors (Lipinski definition) is 3. The van der Waals surface area contributed by atoms with Gasteiger partial charge in [-0.1, -0.05) is 12.1 Å². The highest BCUT2D eigenvalue weighted by atomic mass is 19.3. The number of para-hydroxylation sites is 1. The number of amides is 5. The smallest absolute Gasteiger partial charge is 0.320 e. The highest BCUT2D eigenvalue weighted by molar-refractivity contribution is 6.05. The number of rotatable bonds is 6. The van der Waals surface area contributed by atoms with Crippen molar-refractivity contribution < 1.29 is 37.5 Å². The van der Waals surface area contributed by atoms with Crippen LogP contribution in [0.5, 0.6) is 5.75 Å². The number of alkyl halides is 2. The quantitative estimate of drug-likeness (QED) is 0.311. The lowest BCUT2D eigenvalue weighted by molar-refractivity contribution is -0.136. The first-order chi connectivity index (χ1) is 28.8. The summed E-state index contributed by atoms with van der Waals surface area (Å²) in [6, 6.07) is 10.4. The number of nitrogens with zero attached hydrogens (tertiary/aromatic N) is 8. The summed E-state index contributed by atoms with van der Waals surface area (Å²) in [4.78, 5) is 63.1. The van der Waals surface area contributed by atoms with Crippen molar-refractivity contribution in [3.63, 3.8) is 0 Å². The fraction of sp³-hybridized carbons (Fsp3) is 0.524. The van der Waals surface area contributed by atoms with Crippen LogP contribution < -0.4 is 20.4 Å². The average molecular weight is 831 g/mol. The van der Waals surface area contributed by atoms with Gasteiger partial charge >= 0.3 is 6.03 Å². The summed E-state index contributed by atoms with van der Waals surface area (Å²) in [6.45, 7) is 8.51. The number of carbonyl (C=O) groups excluding carboxylic acids is 4. The van der Waals surface area contributed by atoms with Crippen molar-refractivity contribution in [3.05, 3.63) is 59.4 Å². The van der Waals surface area contributed by atoms with Gasteiger partial charge in [-0.25, -0.2) is 18.0 Å². The summed E-state index contributed by atoms with van der Waals surface area (Å²) in [5, 5.41) is 24.0. The molecular formula is C42H49F3N10O5. The molecule has 4 saturated heterocycles. The van der Waals surface area contributed by atoms with E-state index < -0.39 is 35.5 Å². The van der Waals surface area contributed by atoms with Crippen LogP contribution in [0.1, 0.15) is 55.5 Å². The first kappa shape index (κ1) is 39.8. The molecule has 18 heteroatoms. The van der Waals surface area contributed by atoms with Crippen LogP contribution in [0.25, 0.3) is 11.3 Å². The van der Waals surface area contributed by atoms with Crippen molar-refractivity contribution >= 4 is 40.9 Å². The van der Waals surface area contributed by atoms with E-state index in [2.05, 4.69) is 30.6 Å². The molecule has 2 aromatic carbocycles. The monoisotopic (exact) mass is 830 g/mol. The maximum absolute atomic E-state index is 15.3. The van der Waals surface area contributed by atoms with Crippen molar-refractivity contribution in [2.24, 2.45) is 5.92 Å². The Kier molecular flexibility index (Phi) is 10.2. The highest BCUT2D eigenvalue weighted by Crippen LogP contribution is 2.43. The van der Waals surface area contributed by atoms with Gasteiger partial charge < -0.3 is 34.9 Å². The van der Waals surface area contributed by atoms with Gasteiger partial charge in [-0.05, 0) is 74.9 Å². The van der Waals surface area contributed by atoms with E-state index in [-0.39, 0.29) is 73.8 Å². The van der Waals surface area contributed by atoms with Crippen molar-refractivity contribution in [1.82, 2.24) is 35.1 Å².